The van der Waals surface area contributed by atoms with Crippen molar-refractivity contribution in [1.29, 1.82) is 0 Å². The van der Waals surface area contributed by atoms with Crippen LogP contribution in [-0.2, 0) is 9.47 Å². The molecular formula is C22H29N3O3. The van der Waals surface area contributed by atoms with E-state index in [1.54, 1.807) is 4.90 Å². The van der Waals surface area contributed by atoms with Crippen LogP contribution in [0.4, 0.5) is 4.79 Å². The molecule has 0 bridgehead atoms. The number of hydrogen-bond donors (Lipinski definition) is 0. The van der Waals surface area contributed by atoms with E-state index in [4.69, 9.17) is 14.5 Å². The second-order valence-corrected chi connectivity index (χ2v) is 8.51. The first-order chi connectivity index (χ1) is 13.4. The third-order valence-corrected chi connectivity index (χ3v) is 5.17. The standard InChI is InChI=1S/C22H29N3O3/c1-22(2,3)28-21(26)24-13-6-4-10-17(24)16-9-8-11-18-20(16)23-15-25(18)19-12-5-7-14-27-19/h8-11,15,19H,4-7,12-14H2,1-3H3. The third kappa shape index (κ3) is 3.78. The molecule has 1 fully saturated rings. The van der Waals surface area contributed by atoms with Crippen LogP contribution in [0.25, 0.3) is 16.7 Å². The number of hydrogen-bond acceptors (Lipinski definition) is 4. The Morgan fingerprint density at radius 2 is 2.11 bits per heavy atom. The average molecular weight is 383 g/mol. The summed E-state index contributed by atoms with van der Waals surface area (Å²) in [6.07, 6.45) is 8.89. The van der Waals surface area contributed by atoms with Gasteiger partial charge in [-0.25, -0.2) is 9.78 Å². The molecule has 150 valence electrons. The van der Waals surface area contributed by atoms with E-state index in [0.29, 0.717) is 6.54 Å². The minimum Gasteiger partial charge on any atom is -0.443 e. The van der Waals surface area contributed by atoms with Crippen LogP contribution in [0.5, 0.6) is 0 Å². The van der Waals surface area contributed by atoms with Crippen LogP contribution in [0.15, 0.2) is 30.6 Å². The largest absolute Gasteiger partial charge is 0.443 e. The van der Waals surface area contributed by atoms with E-state index in [2.05, 4.69) is 16.7 Å². The van der Waals surface area contributed by atoms with E-state index in [-0.39, 0.29) is 12.3 Å². The fourth-order valence-corrected chi connectivity index (χ4v) is 3.92. The zero-order valence-corrected chi connectivity index (χ0v) is 17.0. The van der Waals surface area contributed by atoms with Gasteiger partial charge in [0, 0.05) is 18.7 Å². The molecule has 2 aromatic rings. The van der Waals surface area contributed by atoms with Gasteiger partial charge in [-0.2, -0.15) is 0 Å². The van der Waals surface area contributed by atoms with E-state index in [0.717, 1.165) is 54.6 Å². The lowest BCUT2D eigenvalue weighted by Crippen LogP contribution is -2.37. The summed E-state index contributed by atoms with van der Waals surface area (Å²) >= 11 is 0. The summed E-state index contributed by atoms with van der Waals surface area (Å²) < 4.78 is 13.7. The number of fused-ring (bicyclic) bond motifs is 1. The van der Waals surface area contributed by atoms with Crippen LogP contribution in [0.1, 0.15) is 64.7 Å². The van der Waals surface area contributed by atoms with Crippen molar-refractivity contribution in [2.75, 3.05) is 13.2 Å². The minimum absolute atomic E-state index is 0.0382. The number of allylic oxidation sites excluding steroid dienone is 1. The molecule has 2 aliphatic heterocycles. The molecule has 6 nitrogen and oxygen atoms in total. The summed E-state index contributed by atoms with van der Waals surface area (Å²) in [5.41, 5.74) is 3.28. The maximum Gasteiger partial charge on any atom is 0.414 e. The van der Waals surface area contributed by atoms with E-state index in [1.165, 1.54) is 6.42 Å². The predicted octanol–water partition coefficient (Wildman–Crippen LogP) is 5.11. The third-order valence-electron chi connectivity index (χ3n) is 5.17. The zero-order valence-electron chi connectivity index (χ0n) is 17.0. The number of benzene rings is 1. The molecule has 6 heteroatoms. The van der Waals surface area contributed by atoms with Crippen molar-refractivity contribution < 1.29 is 14.3 Å². The van der Waals surface area contributed by atoms with E-state index < -0.39 is 5.60 Å². The van der Waals surface area contributed by atoms with Crippen molar-refractivity contribution in [2.45, 2.75) is 64.7 Å². The molecule has 1 aromatic carbocycles. The van der Waals surface area contributed by atoms with Crippen molar-refractivity contribution in [1.82, 2.24) is 14.5 Å². The molecule has 1 amide bonds. The van der Waals surface area contributed by atoms with E-state index in [9.17, 15) is 4.79 Å². The highest BCUT2D eigenvalue weighted by molar-refractivity contribution is 5.93. The van der Waals surface area contributed by atoms with E-state index >= 15 is 0 Å². The van der Waals surface area contributed by atoms with E-state index in [1.807, 2.05) is 39.2 Å². The highest BCUT2D eigenvalue weighted by atomic mass is 16.6. The average Bonchev–Trinajstić information content (AvgIpc) is 3.11. The van der Waals surface area contributed by atoms with Crippen molar-refractivity contribution in [3.63, 3.8) is 0 Å². The molecule has 1 aromatic heterocycles. The highest BCUT2D eigenvalue weighted by Crippen LogP contribution is 2.33. The Balaban J connectivity index is 1.70. The summed E-state index contributed by atoms with van der Waals surface area (Å²) in [6.45, 7) is 7.13. The molecule has 0 N–H and O–H groups in total. The number of carbonyl (C=O) groups excluding carboxylic acids is 1. The van der Waals surface area contributed by atoms with Crippen molar-refractivity contribution in [3.05, 3.63) is 36.2 Å². The fraction of sp³-hybridized carbons (Fsp3) is 0.545. The van der Waals surface area contributed by atoms with Crippen LogP contribution in [0.3, 0.4) is 0 Å². The molecule has 1 saturated heterocycles. The predicted molar refractivity (Wildman–Crippen MR) is 109 cm³/mol. The molecule has 28 heavy (non-hydrogen) atoms. The summed E-state index contributed by atoms with van der Waals surface area (Å²) in [5.74, 6) is 0. The lowest BCUT2D eigenvalue weighted by atomic mass is 10.0. The number of aromatic nitrogens is 2. The molecule has 4 rings (SSSR count). The van der Waals surface area contributed by atoms with Gasteiger partial charge in [0.2, 0.25) is 0 Å². The lowest BCUT2D eigenvalue weighted by Gasteiger charge is -2.31. The SMILES string of the molecule is CC(C)(C)OC(=O)N1CCCC=C1c1cccc2c1ncn2C1CCCCO1. The molecule has 3 heterocycles. The molecule has 1 atom stereocenters. The maximum absolute atomic E-state index is 12.8. The molecule has 0 aliphatic carbocycles. The Hall–Kier alpha value is -2.34. The molecule has 1 unspecified atom stereocenters. The molecule has 2 aliphatic rings. The first-order valence-corrected chi connectivity index (χ1v) is 10.2. The van der Waals surface area contributed by atoms with Crippen molar-refractivity contribution in [3.8, 4) is 0 Å². The Morgan fingerprint density at radius 3 is 2.86 bits per heavy atom. The topological polar surface area (TPSA) is 56.6 Å². The summed E-state index contributed by atoms with van der Waals surface area (Å²) in [4.78, 5) is 19.3. The zero-order chi connectivity index (χ0) is 19.7. The van der Waals surface area contributed by atoms with Gasteiger partial charge in [0.15, 0.2) is 0 Å². The maximum atomic E-state index is 12.8. The number of amides is 1. The summed E-state index contributed by atoms with van der Waals surface area (Å²) in [7, 11) is 0. The quantitative estimate of drug-likeness (QED) is 0.723. The van der Waals surface area contributed by atoms with Gasteiger partial charge in [0.1, 0.15) is 11.8 Å². The summed E-state index contributed by atoms with van der Waals surface area (Å²) in [6, 6.07) is 6.14. The minimum atomic E-state index is -0.522. The van der Waals surface area contributed by atoms with Crippen LogP contribution in [0.2, 0.25) is 0 Å². The molecule has 0 saturated carbocycles. The first kappa shape index (κ1) is 19.0. The van der Waals surface area contributed by atoms with Gasteiger partial charge < -0.3 is 14.0 Å². The van der Waals surface area contributed by atoms with Gasteiger partial charge in [0.25, 0.3) is 0 Å². The summed E-state index contributed by atoms with van der Waals surface area (Å²) in [5, 5.41) is 0. The van der Waals surface area contributed by atoms with Gasteiger partial charge in [0.05, 0.1) is 23.1 Å². The van der Waals surface area contributed by atoms with Crippen LogP contribution in [0, 0.1) is 0 Å². The second kappa shape index (κ2) is 7.59. The number of imidazole rings is 1. The van der Waals surface area contributed by atoms with Crippen LogP contribution >= 0.6 is 0 Å². The van der Waals surface area contributed by atoms with Gasteiger partial charge >= 0.3 is 6.09 Å². The number of rotatable bonds is 2. The Kier molecular flexibility index (Phi) is 5.15. The van der Waals surface area contributed by atoms with Gasteiger partial charge in [-0.05, 0) is 58.9 Å². The Bertz CT molecular complexity index is 888. The smallest absolute Gasteiger partial charge is 0.414 e. The number of nitrogens with zero attached hydrogens (tertiary/aromatic N) is 3. The van der Waals surface area contributed by atoms with Crippen molar-refractivity contribution >= 4 is 22.8 Å². The second-order valence-electron chi connectivity index (χ2n) is 8.51. The molecule has 0 spiro atoms. The number of ether oxygens (including phenoxy) is 2. The number of para-hydroxylation sites is 1. The normalized spacial score (nSPS) is 20.9. The van der Waals surface area contributed by atoms with Gasteiger partial charge in [-0.1, -0.05) is 18.2 Å². The fourth-order valence-electron chi connectivity index (χ4n) is 3.92. The lowest BCUT2D eigenvalue weighted by molar-refractivity contribution is -0.0295. The Morgan fingerprint density at radius 1 is 1.25 bits per heavy atom. The van der Waals surface area contributed by atoms with Gasteiger partial charge in [-0.15, -0.1) is 0 Å². The first-order valence-electron chi connectivity index (χ1n) is 10.2. The highest BCUT2D eigenvalue weighted by Gasteiger charge is 2.28. The van der Waals surface area contributed by atoms with Crippen molar-refractivity contribution in [2.24, 2.45) is 0 Å². The van der Waals surface area contributed by atoms with Crippen LogP contribution in [-0.4, -0.2) is 39.3 Å². The molecule has 0 radical (unpaired) electrons. The molecular weight excluding hydrogens is 354 g/mol. The number of carbonyl (C=O) groups is 1. The van der Waals surface area contributed by atoms with Crippen LogP contribution < -0.4 is 0 Å². The van der Waals surface area contributed by atoms with Gasteiger partial charge in [-0.3, -0.25) is 4.90 Å². The monoisotopic (exact) mass is 383 g/mol. The Labute approximate surface area is 166 Å².